The topological polar surface area (TPSA) is 93.6 Å². The second-order valence-electron chi connectivity index (χ2n) is 7.62. The van der Waals surface area contributed by atoms with Crippen molar-refractivity contribution in [1.29, 1.82) is 0 Å². The first-order chi connectivity index (χ1) is 13.0. The van der Waals surface area contributed by atoms with E-state index in [-0.39, 0.29) is 29.3 Å². The molecule has 1 aromatic heterocycles. The standard InChI is InChI=1S/C21H24N2O4/c24-18-12-14(13-19(25)22-18)20(26)23-11-10-21(27,15-6-2-1-3-7-15)16-8-4-5-9-17(16)23/h1-3,6-7,12-13,16-17,27H,4-5,8-11H2,(H2,22,24,25)/t16-,17+,21?/m0/s1. The maximum atomic E-state index is 13.1. The minimum atomic E-state index is -0.945. The Morgan fingerprint density at radius 2 is 1.89 bits per heavy atom. The lowest BCUT2D eigenvalue weighted by Crippen LogP contribution is -2.59. The predicted molar refractivity (Wildman–Crippen MR) is 100 cm³/mol. The molecule has 1 aliphatic heterocycles. The van der Waals surface area contributed by atoms with Gasteiger partial charge in [0.1, 0.15) is 0 Å². The molecule has 0 spiro atoms. The number of likely N-dealkylation sites (tertiary alicyclic amines) is 1. The number of aromatic amines is 1. The normalized spacial score (nSPS) is 27.8. The molecule has 1 unspecified atom stereocenters. The van der Waals surface area contributed by atoms with Crippen LogP contribution in [0.4, 0.5) is 0 Å². The molecule has 2 aliphatic rings. The van der Waals surface area contributed by atoms with Crippen LogP contribution in [-0.4, -0.2) is 38.6 Å². The molecule has 4 rings (SSSR count). The van der Waals surface area contributed by atoms with Crippen LogP contribution in [0.25, 0.3) is 0 Å². The summed E-state index contributed by atoms with van der Waals surface area (Å²) in [4.78, 5) is 28.8. The van der Waals surface area contributed by atoms with Crippen molar-refractivity contribution in [3.8, 4) is 5.88 Å². The first-order valence-corrected chi connectivity index (χ1v) is 9.51. The van der Waals surface area contributed by atoms with Gasteiger partial charge in [0.25, 0.3) is 11.5 Å². The van der Waals surface area contributed by atoms with Crippen LogP contribution < -0.4 is 5.56 Å². The molecule has 1 saturated heterocycles. The molecule has 142 valence electrons. The van der Waals surface area contributed by atoms with Crippen LogP contribution in [-0.2, 0) is 5.60 Å². The van der Waals surface area contributed by atoms with E-state index >= 15 is 0 Å². The summed E-state index contributed by atoms with van der Waals surface area (Å²) in [7, 11) is 0. The fourth-order valence-corrected chi connectivity index (χ4v) is 4.84. The lowest BCUT2D eigenvalue weighted by atomic mass is 9.66. The van der Waals surface area contributed by atoms with E-state index in [0.717, 1.165) is 31.2 Å². The first kappa shape index (κ1) is 17.8. The minimum absolute atomic E-state index is 0.0399. The number of benzene rings is 1. The molecule has 6 nitrogen and oxygen atoms in total. The van der Waals surface area contributed by atoms with Gasteiger partial charge < -0.3 is 15.1 Å². The Morgan fingerprint density at radius 3 is 2.63 bits per heavy atom. The number of carbonyl (C=O) groups is 1. The number of aromatic nitrogens is 1. The largest absolute Gasteiger partial charge is 0.494 e. The van der Waals surface area contributed by atoms with E-state index in [9.17, 15) is 19.8 Å². The van der Waals surface area contributed by atoms with Crippen LogP contribution in [0.1, 0.15) is 48.0 Å². The third-order valence-electron chi connectivity index (χ3n) is 6.09. The van der Waals surface area contributed by atoms with Crippen molar-refractivity contribution in [3.05, 3.63) is 63.9 Å². The highest BCUT2D eigenvalue weighted by Gasteiger charge is 2.50. The number of hydrogen-bond donors (Lipinski definition) is 3. The van der Waals surface area contributed by atoms with Gasteiger partial charge in [-0.05, 0) is 24.8 Å². The molecule has 3 N–H and O–H groups in total. The van der Waals surface area contributed by atoms with Crippen molar-refractivity contribution in [3.63, 3.8) is 0 Å². The molecule has 3 atom stereocenters. The lowest BCUT2D eigenvalue weighted by molar-refractivity contribution is -0.110. The molecule has 2 fully saturated rings. The summed E-state index contributed by atoms with van der Waals surface area (Å²) in [5, 5.41) is 21.2. The second-order valence-corrected chi connectivity index (χ2v) is 7.62. The molecule has 1 aliphatic carbocycles. The highest BCUT2D eigenvalue weighted by Crippen LogP contribution is 2.47. The van der Waals surface area contributed by atoms with E-state index < -0.39 is 11.2 Å². The number of hydrogen-bond acceptors (Lipinski definition) is 4. The fraction of sp³-hybridized carbons (Fsp3) is 0.429. The molecule has 1 saturated carbocycles. The Kier molecular flexibility index (Phi) is 4.52. The van der Waals surface area contributed by atoms with Crippen molar-refractivity contribution in [2.24, 2.45) is 5.92 Å². The Balaban J connectivity index is 1.67. The molecule has 27 heavy (non-hydrogen) atoms. The highest BCUT2D eigenvalue weighted by molar-refractivity contribution is 5.94. The van der Waals surface area contributed by atoms with Gasteiger partial charge in [-0.15, -0.1) is 0 Å². The number of fused-ring (bicyclic) bond motifs is 1. The molecule has 0 bridgehead atoms. The maximum Gasteiger partial charge on any atom is 0.254 e. The van der Waals surface area contributed by atoms with Gasteiger partial charge in [0.15, 0.2) is 5.88 Å². The van der Waals surface area contributed by atoms with Crippen LogP contribution in [0.3, 0.4) is 0 Å². The number of piperidine rings is 1. The van der Waals surface area contributed by atoms with Crippen molar-refractivity contribution in [2.45, 2.75) is 43.7 Å². The van der Waals surface area contributed by atoms with E-state index in [1.54, 1.807) is 4.90 Å². The van der Waals surface area contributed by atoms with E-state index in [2.05, 4.69) is 4.98 Å². The summed E-state index contributed by atoms with van der Waals surface area (Å²) in [5.74, 6) is -0.616. The number of H-pyrrole nitrogens is 1. The SMILES string of the molecule is O=C(c1cc(O)[nH]c(=O)c1)N1CCC(O)(c2ccccc2)[C@H]2CCCC[C@H]21. The molecule has 6 heteroatoms. The van der Waals surface area contributed by atoms with E-state index in [1.807, 2.05) is 30.3 Å². The number of rotatable bonds is 2. The van der Waals surface area contributed by atoms with Crippen molar-refractivity contribution in [1.82, 2.24) is 9.88 Å². The number of pyridine rings is 1. The summed E-state index contributed by atoms with van der Waals surface area (Å²) in [5.41, 5.74) is -0.357. The zero-order chi connectivity index (χ0) is 19.0. The van der Waals surface area contributed by atoms with Gasteiger partial charge >= 0.3 is 0 Å². The van der Waals surface area contributed by atoms with E-state index in [1.165, 1.54) is 12.1 Å². The summed E-state index contributed by atoms with van der Waals surface area (Å²) in [6.07, 6.45) is 4.20. The summed E-state index contributed by atoms with van der Waals surface area (Å²) in [6.45, 7) is 0.416. The Labute approximate surface area is 157 Å². The van der Waals surface area contributed by atoms with Crippen LogP contribution in [0.2, 0.25) is 0 Å². The van der Waals surface area contributed by atoms with Crippen molar-refractivity contribution >= 4 is 5.91 Å². The molecule has 2 aromatic rings. The fourth-order valence-electron chi connectivity index (χ4n) is 4.84. The number of amides is 1. The van der Waals surface area contributed by atoms with Gasteiger partial charge in [-0.2, -0.15) is 0 Å². The molecular formula is C21H24N2O4. The number of nitrogens with zero attached hydrogens (tertiary/aromatic N) is 1. The monoisotopic (exact) mass is 368 g/mol. The Morgan fingerprint density at radius 1 is 1.15 bits per heavy atom. The van der Waals surface area contributed by atoms with Crippen LogP contribution >= 0.6 is 0 Å². The highest BCUT2D eigenvalue weighted by atomic mass is 16.3. The van der Waals surface area contributed by atoms with Crippen molar-refractivity contribution < 1.29 is 15.0 Å². The molecular weight excluding hydrogens is 344 g/mol. The quantitative estimate of drug-likeness (QED) is 0.759. The first-order valence-electron chi connectivity index (χ1n) is 9.51. The third-order valence-corrected chi connectivity index (χ3v) is 6.09. The third kappa shape index (κ3) is 3.14. The zero-order valence-electron chi connectivity index (χ0n) is 15.1. The second kappa shape index (κ2) is 6.85. The smallest absolute Gasteiger partial charge is 0.254 e. The van der Waals surface area contributed by atoms with Gasteiger partial charge in [-0.25, -0.2) is 0 Å². The van der Waals surface area contributed by atoms with Crippen LogP contribution in [0.5, 0.6) is 5.88 Å². The van der Waals surface area contributed by atoms with E-state index in [4.69, 9.17) is 0 Å². The number of carbonyl (C=O) groups excluding carboxylic acids is 1. The minimum Gasteiger partial charge on any atom is -0.494 e. The van der Waals surface area contributed by atoms with Gasteiger partial charge in [-0.3, -0.25) is 14.6 Å². The number of nitrogens with one attached hydrogen (secondary N) is 1. The predicted octanol–water partition coefficient (Wildman–Crippen LogP) is 2.37. The summed E-state index contributed by atoms with van der Waals surface area (Å²) >= 11 is 0. The molecule has 2 heterocycles. The molecule has 1 amide bonds. The Hall–Kier alpha value is -2.60. The van der Waals surface area contributed by atoms with Gasteiger partial charge in [0.05, 0.1) is 11.2 Å². The Bertz CT molecular complexity index is 895. The summed E-state index contributed by atoms with van der Waals surface area (Å²) < 4.78 is 0. The molecule has 0 radical (unpaired) electrons. The average Bonchev–Trinajstić information content (AvgIpc) is 2.68. The summed E-state index contributed by atoms with van der Waals surface area (Å²) in [6, 6.07) is 12.1. The van der Waals surface area contributed by atoms with Crippen LogP contribution in [0, 0.1) is 5.92 Å². The average molecular weight is 368 g/mol. The maximum absolute atomic E-state index is 13.1. The van der Waals surface area contributed by atoms with Gasteiger partial charge in [0, 0.05) is 30.6 Å². The van der Waals surface area contributed by atoms with Gasteiger partial charge in [-0.1, -0.05) is 43.2 Å². The zero-order valence-corrected chi connectivity index (χ0v) is 15.1. The van der Waals surface area contributed by atoms with Crippen molar-refractivity contribution in [2.75, 3.05) is 6.54 Å². The van der Waals surface area contributed by atoms with Crippen LogP contribution in [0.15, 0.2) is 47.3 Å². The van der Waals surface area contributed by atoms with E-state index in [0.29, 0.717) is 13.0 Å². The van der Waals surface area contributed by atoms with Gasteiger partial charge in [0.2, 0.25) is 0 Å². The lowest BCUT2D eigenvalue weighted by Gasteiger charge is -2.52. The number of aliphatic hydroxyl groups is 1. The molecule has 1 aromatic carbocycles. The number of aromatic hydroxyl groups is 1.